The van der Waals surface area contributed by atoms with Crippen LogP contribution in [0.5, 0.6) is 11.5 Å². The van der Waals surface area contributed by atoms with Gasteiger partial charge in [0.15, 0.2) is 11.5 Å². The number of thiophene rings is 1. The standard InChI is InChI=1S/C13H11Br3O2S/c1-17-9-4-3-7(5-10(9)18-2)12(15)8-6-11(14)19-13(8)16/h3-6,12H,1-2H3. The van der Waals surface area contributed by atoms with Gasteiger partial charge in [0.2, 0.25) is 0 Å². The number of alkyl halides is 1. The van der Waals surface area contributed by atoms with E-state index in [9.17, 15) is 0 Å². The normalized spacial score (nSPS) is 12.3. The third-order valence-electron chi connectivity index (χ3n) is 2.66. The molecule has 19 heavy (non-hydrogen) atoms. The lowest BCUT2D eigenvalue weighted by atomic mass is 10.1. The molecule has 0 aliphatic carbocycles. The Morgan fingerprint density at radius 3 is 2.26 bits per heavy atom. The van der Waals surface area contributed by atoms with E-state index in [2.05, 4.69) is 53.9 Å². The third kappa shape index (κ3) is 3.35. The lowest BCUT2D eigenvalue weighted by Crippen LogP contribution is -1.95. The Balaban J connectivity index is 2.39. The van der Waals surface area contributed by atoms with Crippen LogP contribution in [0, 0.1) is 0 Å². The minimum atomic E-state index is 0.101. The predicted molar refractivity (Wildman–Crippen MR) is 90.0 cm³/mol. The van der Waals surface area contributed by atoms with Crippen molar-refractivity contribution in [1.29, 1.82) is 0 Å². The van der Waals surface area contributed by atoms with Gasteiger partial charge in [-0.15, -0.1) is 11.3 Å². The fourth-order valence-corrected chi connectivity index (χ4v) is 5.72. The second-order valence-corrected chi connectivity index (χ2v) is 8.42. The molecular weight excluding hydrogens is 460 g/mol. The molecule has 1 unspecified atom stereocenters. The SMILES string of the molecule is COc1ccc(C(Br)c2cc(Br)sc2Br)cc1OC. The lowest BCUT2D eigenvalue weighted by Gasteiger charge is -2.13. The maximum absolute atomic E-state index is 5.33. The molecule has 0 saturated heterocycles. The maximum Gasteiger partial charge on any atom is 0.161 e. The first-order chi connectivity index (χ1) is 9.06. The van der Waals surface area contributed by atoms with E-state index in [1.165, 1.54) is 5.56 Å². The Labute approximate surface area is 141 Å². The first-order valence-corrected chi connectivity index (χ1v) is 8.69. The van der Waals surface area contributed by atoms with Gasteiger partial charge in [0.05, 0.1) is 26.6 Å². The molecule has 102 valence electrons. The van der Waals surface area contributed by atoms with Crippen LogP contribution in [0.15, 0.2) is 31.8 Å². The zero-order valence-electron chi connectivity index (χ0n) is 10.2. The number of ether oxygens (including phenoxy) is 2. The molecule has 0 aliphatic rings. The Morgan fingerprint density at radius 2 is 1.74 bits per heavy atom. The smallest absolute Gasteiger partial charge is 0.161 e. The molecule has 1 aromatic carbocycles. The molecule has 0 aliphatic heterocycles. The van der Waals surface area contributed by atoms with Crippen LogP contribution in [0.1, 0.15) is 16.0 Å². The van der Waals surface area contributed by atoms with Crippen LogP contribution in [-0.2, 0) is 0 Å². The number of rotatable bonds is 4. The monoisotopic (exact) mass is 468 g/mol. The van der Waals surface area contributed by atoms with Crippen molar-refractivity contribution in [3.05, 3.63) is 43.0 Å². The summed E-state index contributed by atoms with van der Waals surface area (Å²) >= 11 is 12.5. The average Bonchev–Trinajstić information content (AvgIpc) is 2.76. The molecule has 1 atom stereocenters. The number of halogens is 3. The van der Waals surface area contributed by atoms with Crippen molar-refractivity contribution in [2.75, 3.05) is 14.2 Å². The van der Waals surface area contributed by atoms with Crippen LogP contribution in [0.2, 0.25) is 0 Å². The molecule has 0 fully saturated rings. The molecule has 1 heterocycles. The van der Waals surface area contributed by atoms with Crippen molar-refractivity contribution in [2.45, 2.75) is 4.83 Å². The van der Waals surface area contributed by atoms with Crippen molar-refractivity contribution >= 4 is 59.1 Å². The minimum Gasteiger partial charge on any atom is -0.493 e. The fraction of sp³-hybridized carbons (Fsp3) is 0.231. The molecule has 0 radical (unpaired) electrons. The Morgan fingerprint density at radius 1 is 1.05 bits per heavy atom. The van der Waals surface area contributed by atoms with Gasteiger partial charge in [0.25, 0.3) is 0 Å². The zero-order chi connectivity index (χ0) is 14.0. The summed E-state index contributed by atoms with van der Waals surface area (Å²) in [5, 5.41) is 0. The second kappa shape index (κ2) is 6.61. The quantitative estimate of drug-likeness (QED) is 0.528. The second-order valence-electron chi connectivity index (χ2n) is 3.76. The van der Waals surface area contributed by atoms with Crippen LogP contribution in [-0.4, -0.2) is 14.2 Å². The number of benzene rings is 1. The van der Waals surface area contributed by atoms with Crippen molar-refractivity contribution in [3.8, 4) is 11.5 Å². The summed E-state index contributed by atoms with van der Waals surface area (Å²) in [4.78, 5) is 0.101. The van der Waals surface area contributed by atoms with Gasteiger partial charge in [0, 0.05) is 0 Å². The molecular formula is C13H11Br3O2S. The third-order valence-corrected chi connectivity index (χ3v) is 6.06. The fourth-order valence-electron chi connectivity index (χ4n) is 1.72. The molecule has 2 aromatic rings. The first kappa shape index (κ1) is 15.4. The van der Waals surface area contributed by atoms with E-state index < -0.39 is 0 Å². The first-order valence-electron chi connectivity index (χ1n) is 5.37. The van der Waals surface area contributed by atoms with E-state index in [1.54, 1.807) is 25.6 Å². The minimum absolute atomic E-state index is 0.101. The Bertz CT molecular complexity index is 583. The van der Waals surface area contributed by atoms with Crippen molar-refractivity contribution in [2.24, 2.45) is 0 Å². The van der Waals surface area contributed by atoms with Gasteiger partial charge in [-0.25, -0.2) is 0 Å². The number of methoxy groups -OCH3 is 2. The zero-order valence-corrected chi connectivity index (χ0v) is 15.8. The Hall–Kier alpha value is -0.0400. The van der Waals surface area contributed by atoms with E-state index >= 15 is 0 Å². The van der Waals surface area contributed by atoms with E-state index in [-0.39, 0.29) is 4.83 Å². The van der Waals surface area contributed by atoms with Crippen LogP contribution >= 0.6 is 59.1 Å². The lowest BCUT2D eigenvalue weighted by molar-refractivity contribution is 0.354. The summed E-state index contributed by atoms with van der Waals surface area (Å²) in [6.45, 7) is 0. The van der Waals surface area contributed by atoms with E-state index in [0.717, 1.165) is 24.6 Å². The van der Waals surface area contributed by atoms with E-state index in [4.69, 9.17) is 9.47 Å². The highest BCUT2D eigenvalue weighted by atomic mass is 79.9. The summed E-state index contributed by atoms with van der Waals surface area (Å²) in [6, 6.07) is 8.03. The van der Waals surface area contributed by atoms with Crippen LogP contribution in [0.3, 0.4) is 0 Å². The predicted octanol–water partition coefficient (Wildman–Crippen LogP) is 5.77. The van der Waals surface area contributed by atoms with Gasteiger partial charge in [-0.2, -0.15) is 0 Å². The largest absolute Gasteiger partial charge is 0.493 e. The van der Waals surface area contributed by atoms with Gasteiger partial charge in [0.1, 0.15) is 0 Å². The van der Waals surface area contributed by atoms with Crippen molar-refractivity contribution < 1.29 is 9.47 Å². The van der Waals surface area contributed by atoms with Gasteiger partial charge in [-0.1, -0.05) is 22.0 Å². The molecule has 0 spiro atoms. The summed E-state index contributed by atoms with van der Waals surface area (Å²) in [5.41, 5.74) is 2.30. The van der Waals surface area contributed by atoms with Gasteiger partial charge in [-0.05, 0) is 61.2 Å². The van der Waals surface area contributed by atoms with Gasteiger partial charge < -0.3 is 9.47 Å². The molecule has 0 amide bonds. The summed E-state index contributed by atoms with van der Waals surface area (Å²) in [7, 11) is 3.28. The molecule has 1 aromatic heterocycles. The maximum atomic E-state index is 5.33. The highest BCUT2D eigenvalue weighted by Gasteiger charge is 2.18. The molecule has 0 N–H and O–H groups in total. The molecule has 0 bridgehead atoms. The Kier molecular flexibility index (Phi) is 5.34. The molecule has 2 rings (SSSR count). The number of hydrogen-bond acceptors (Lipinski definition) is 3. The van der Waals surface area contributed by atoms with Crippen LogP contribution in [0.4, 0.5) is 0 Å². The highest BCUT2D eigenvalue weighted by Crippen LogP contribution is 2.43. The van der Waals surface area contributed by atoms with Crippen LogP contribution < -0.4 is 9.47 Å². The van der Waals surface area contributed by atoms with Gasteiger partial charge in [-0.3, -0.25) is 0 Å². The van der Waals surface area contributed by atoms with Crippen LogP contribution in [0.25, 0.3) is 0 Å². The van der Waals surface area contributed by atoms with E-state index in [1.807, 2.05) is 18.2 Å². The topological polar surface area (TPSA) is 18.5 Å². The van der Waals surface area contributed by atoms with Crippen molar-refractivity contribution in [3.63, 3.8) is 0 Å². The van der Waals surface area contributed by atoms with Gasteiger partial charge >= 0.3 is 0 Å². The molecule has 0 saturated carbocycles. The summed E-state index contributed by atoms with van der Waals surface area (Å²) in [6.07, 6.45) is 0. The van der Waals surface area contributed by atoms with Crippen molar-refractivity contribution in [1.82, 2.24) is 0 Å². The average molecular weight is 471 g/mol. The summed E-state index contributed by atoms with van der Waals surface area (Å²) in [5.74, 6) is 1.46. The highest BCUT2D eigenvalue weighted by molar-refractivity contribution is 9.12. The summed E-state index contributed by atoms with van der Waals surface area (Å²) < 4.78 is 12.8. The molecule has 6 heteroatoms. The van der Waals surface area contributed by atoms with E-state index in [0.29, 0.717) is 0 Å². The molecule has 2 nitrogen and oxygen atoms in total. The number of hydrogen-bond donors (Lipinski definition) is 0.